The summed E-state index contributed by atoms with van der Waals surface area (Å²) < 4.78 is 2.08. The molecule has 0 unspecified atom stereocenters. The van der Waals surface area contributed by atoms with Crippen LogP contribution < -0.4 is 0 Å². The van der Waals surface area contributed by atoms with Gasteiger partial charge in [-0.05, 0) is 26.2 Å². The van der Waals surface area contributed by atoms with Gasteiger partial charge in [0.2, 0.25) is 0 Å². The minimum Gasteiger partial charge on any atom is -0.300 e. The normalized spacial score (nSPS) is 14.1. The molecule has 178 valence electrons. The first-order chi connectivity index (χ1) is 16.0. The van der Waals surface area contributed by atoms with Crippen molar-refractivity contribution in [2.45, 2.75) is 92.0 Å². The molecule has 4 nitrogen and oxygen atoms in total. The van der Waals surface area contributed by atoms with Crippen molar-refractivity contribution < 1.29 is 4.79 Å². The third-order valence-corrected chi connectivity index (χ3v) is 7.33. The van der Waals surface area contributed by atoms with E-state index in [1.54, 1.807) is 18.3 Å². The molecule has 1 aliphatic rings. The van der Waals surface area contributed by atoms with Gasteiger partial charge in [-0.25, -0.2) is 4.98 Å². The topological polar surface area (TPSA) is 47.8 Å². The van der Waals surface area contributed by atoms with Gasteiger partial charge in [-0.1, -0.05) is 88.6 Å². The highest BCUT2D eigenvalue weighted by Gasteiger charge is 2.17. The van der Waals surface area contributed by atoms with Crippen LogP contribution in [0.5, 0.6) is 0 Å². The lowest BCUT2D eigenvalue weighted by atomic mass is 9.88. The van der Waals surface area contributed by atoms with Crippen molar-refractivity contribution in [3.8, 4) is 21.8 Å². The fourth-order valence-electron chi connectivity index (χ4n) is 4.40. The molecule has 1 aromatic carbocycles. The lowest BCUT2D eigenvalue weighted by Gasteiger charge is -2.18. The number of rotatable bonds is 8. The Morgan fingerprint density at radius 2 is 1.85 bits per heavy atom. The molecular formula is C28H39N3OS. The highest BCUT2D eigenvalue weighted by Crippen LogP contribution is 2.34. The molecule has 0 bridgehead atoms. The van der Waals surface area contributed by atoms with Crippen LogP contribution in [0.3, 0.4) is 0 Å². The van der Waals surface area contributed by atoms with Gasteiger partial charge in [-0.3, -0.25) is 9.48 Å². The first-order valence-electron chi connectivity index (χ1n) is 12.6. The maximum Gasteiger partial charge on any atom is 0.135 e. The van der Waals surface area contributed by atoms with Gasteiger partial charge in [0.05, 0.1) is 23.1 Å². The number of hydrogen-bond donors (Lipinski definition) is 0. The minimum atomic E-state index is 0.134. The predicted molar refractivity (Wildman–Crippen MR) is 140 cm³/mol. The van der Waals surface area contributed by atoms with Crippen LogP contribution in [0.4, 0.5) is 0 Å². The number of nitrogens with zero attached hydrogens (tertiary/aromatic N) is 3. The number of ketones is 1. The summed E-state index contributed by atoms with van der Waals surface area (Å²) in [4.78, 5) is 16.0. The van der Waals surface area contributed by atoms with E-state index in [9.17, 15) is 4.79 Å². The number of thiazole rings is 1. The standard InChI is InChI=1S/C20H23N3OS.C8H16/c1-4-5-10-23-19(16-8-6-14(2)7-9-16)18(12-21-23)20-22-17(13-25-20)11-15(3)24;1-2-8-6-4-3-5-7-8/h6-9,12-13H,4-5,10-11H2,1-3H3;8H,2-7H2,1H3. The number of hydrogen-bond acceptors (Lipinski definition) is 4. The molecular weight excluding hydrogens is 426 g/mol. The molecule has 2 heterocycles. The van der Waals surface area contributed by atoms with Crippen molar-refractivity contribution >= 4 is 17.1 Å². The third kappa shape index (κ3) is 7.36. The summed E-state index contributed by atoms with van der Waals surface area (Å²) in [7, 11) is 0. The number of Topliss-reactive ketones (excluding diaryl/α,β-unsaturated/α-hetero) is 1. The summed E-state index contributed by atoms with van der Waals surface area (Å²) in [5, 5.41) is 7.51. The lowest BCUT2D eigenvalue weighted by Crippen LogP contribution is -2.03. The van der Waals surface area contributed by atoms with Crippen molar-refractivity contribution in [1.82, 2.24) is 14.8 Å². The van der Waals surface area contributed by atoms with Gasteiger partial charge < -0.3 is 0 Å². The Morgan fingerprint density at radius 3 is 2.45 bits per heavy atom. The molecule has 33 heavy (non-hydrogen) atoms. The largest absolute Gasteiger partial charge is 0.300 e. The van der Waals surface area contributed by atoms with Crippen molar-refractivity contribution in [1.29, 1.82) is 0 Å². The van der Waals surface area contributed by atoms with Gasteiger partial charge in [-0.15, -0.1) is 11.3 Å². The SMILES string of the molecule is CCC1CCCCC1.CCCCn1ncc(-c2nc(CC(C)=O)cs2)c1-c1ccc(C)cc1. The Labute approximate surface area is 203 Å². The summed E-state index contributed by atoms with van der Waals surface area (Å²) in [6, 6.07) is 8.53. The fourth-order valence-corrected chi connectivity index (χ4v) is 5.23. The van der Waals surface area contributed by atoms with Crippen LogP contribution in [0.2, 0.25) is 0 Å². The maximum absolute atomic E-state index is 11.3. The van der Waals surface area contributed by atoms with Crippen molar-refractivity contribution in [3.63, 3.8) is 0 Å². The molecule has 0 spiro atoms. The van der Waals surface area contributed by atoms with E-state index >= 15 is 0 Å². The van der Waals surface area contributed by atoms with Gasteiger partial charge in [0.15, 0.2) is 0 Å². The first-order valence-corrected chi connectivity index (χ1v) is 13.5. The first kappa shape index (κ1) is 25.4. The summed E-state index contributed by atoms with van der Waals surface area (Å²) in [5.74, 6) is 1.22. The zero-order chi connectivity index (χ0) is 23.6. The van der Waals surface area contributed by atoms with E-state index < -0.39 is 0 Å². The molecule has 2 aromatic heterocycles. The van der Waals surface area contributed by atoms with E-state index in [-0.39, 0.29) is 5.78 Å². The predicted octanol–water partition coefficient (Wildman–Crippen LogP) is 7.89. The lowest BCUT2D eigenvalue weighted by molar-refractivity contribution is -0.116. The van der Waals surface area contributed by atoms with Gasteiger partial charge >= 0.3 is 0 Å². The quantitative estimate of drug-likeness (QED) is 0.340. The molecule has 0 amide bonds. The smallest absolute Gasteiger partial charge is 0.135 e. The molecule has 1 saturated carbocycles. The van der Waals surface area contributed by atoms with Crippen LogP contribution in [0.15, 0.2) is 35.8 Å². The monoisotopic (exact) mass is 465 g/mol. The second-order valence-electron chi connectivity index (χ2n) is 9.28. The Balaban J connectivity index is 0.000000323. The van der Waals surface area contributed by atoms with E-state index in [0.717, 1.165) is 52.8 Å². The van der Waals surface area contributed by atoms with Crippen molar-refractivity contribution in [2.24, 2.45) is 5.92 Å². The van der Waals surface area contributed by atoms with E-state index in [0.29, 0.717) is 6.42 Å². The summed E-state index contributed by atoms with van der Waals surface area (Å²) in [6.07, 6.45) is 13.4. The van der Waals surface area contributed by atoms with E-state index in [1.807, 2.05) is 11.6 Å². The fraction of sp³-hybridized carbons (Fsp3) is 0.536. The zero-order valence-electron chi connectivity index (χ0n) is 20.8. The van der Waals surface area contributed by atoms with E-state index in [1.165, 1.54) is 44.1 Å². The molecule has 4 rings (SSSR count). The summed E-state index contributed by atoms with van der Waals surface area (Å²) in [5.41, 5.74) is 5.38. The summed E-state index contributed by atoms with van der Waals surface area (Å²) >= 11 is 1.58. The highest BCUT2D eigenvalue weighted by molar-refractivity contribution is 7.13. The Bertz CT molecular complexity index is 997. The van der Waals surface area contributed by atoms with Gasteiger partial charge in [0, 0.05) is 23.9 Å². The Kier molecular flexibility index (Phi) is 9.86. The maximum atomic E-state index is 11.3. The average molecular weight is 466 g/mol. The molecule has 1 fully saturated rings. The number of benzene rings is 1. The van der Waals surface area contributed by atoms with Gasteiger partial charge in [0.1, 0.15) is 10.8 Å². The molecule has 0 radical (unpaired) electrons. The average Bonchev–Trinajstić information content (AvgIpc) is 3.45. The van der Waals surface area contributed by atoms with E-state index in [4.69, 9.17) is 0 Å². The summed E-state index contributed by atoms with van der Waals surface area (Å²) in [6.45, 7) is 9.08. The van der Waals surface area contributed by atoms with Crippen LogP contribution in [0.25, 0.3) is 21.8 Å². The molecule has 0 N–H and O–H groups in total. The molecule has 0 saturated heterocycles. The second-order valence-corrected chi connectivity index (χ2v) is 10.1. The number of aromatic nitrogens is 3. The Hall–Kier alpha value is -2.27. The molecule has 5 heteroatoms. The number of carbonyl (C=O) groups is 1. The van der Waals surface area contributed by atoms with E-state index in [2.05, 4.69) is 59.8 Å². The number of aryl methyl sites for hydroxylation is 2. The minimum absolute atomic E-state index is 0.134. The van der Waals surface area contributed by atoms with Crippen molar-refractivity contribution in [2.75, 3.05) is 0 Å². The molecule has 0 atom stereocenters. The Morgan fingerprint density at radius 1 is 1.12 bits per heavy atom. The van der Waals surface area contributed by atoms with Crippen LogP contribution in [-0.2, 0) is 17.8 Å². The second kappa shape index (κ2) is 12.8. The number of carbonyl (C=O) groups excluding carboxylic acids is 1. The zero-order valence-corrected chi connectivity index (χ0v) is 21.6. The molecule has 0 aliphatic heterocycles. The molecule has 1 aliphatic carbocycles. The highest BCUT2D eigenvalue weighted by atomic mass is 32.1. The van der Waals surface area contributed by atoms with Crippen LogP contribution in [-0.4, -0.2) is 20.5 Å². The molecule has 3 aromatic rings. The van der Waals surface area contributed by atoms with Crippen LogP contribution in [0, 0.1) is 12.8 Å². The number of unbranched alkanes of at least 4 members (excludes halogenated alkanes) is 1. The van der Waals surface area contributed by atoms with Gasteiger partial charge in [-0.2, -0.15) is 5.10 Å². The van der Waals surface area contributed by atoms with Crippen molar-refractivity contribution in [3.05, 3.63) is 47.1 Å². The third-order valence-electron chi connectivity index (χ3n) is 6.40. The van der Waals surface area contributed by atoms with Gasteiger partial charge in [0.25, 0.3) is 0 Å². The van der Waals surface area contributed by atoms with Crippen LogP contribution in [0.1, 0.15) is 83.4 Å². The van der Waals surface area contributed by atoms with Crippen LogP contribution >= 0.6 is 11.3 Å².